The van der Waals surface area contributed by atoms with Crippen LogP contribution in [0.2, 0.25) is 5.02 Å². The summed E-state index contributed by atoms with van der Waals surface area (Å²) in [5.74, 6) is -0.339. The van der Waals surface area contributed by atoms with Crippen LogP contribution in [0.25, 0.3) is 0 Å². The first-order valence-corrected chi connectivity index (χ1v) is 10.6. The second-order valence-electron chi connectivity index (χ2n) is 7.44. The lowest BCUT2D eigenvalue weighted by molar-refractivity contribution is -0.139. The van der Waals surface area contributed by atoms with Gasteiger partial charge in [0.05, 0.1) is 12.2 Å². The van der Waals surface area contributed by atoms with Crippen LogP contribution in [0.4, 0.5) is 0 Å². The number of aliphatic carboxylic acids is 1. The van der Waals surface area contributed by atoms with E-state index in [9.17, 15) is 4.79 Å². The minimum absolute atomic E-state index is 0.0361. The first-order valence-electron chi connectivity index (χ1n) is 9.47. The van der Waals surface area contributed by atoms with E-state index in [2.05, 4.69) is 22.5 Å². The molecule has 0 saturated carbocycles. The Morgan fingerprint density at radius 1 is 1.31 bits per heavy atom. The molecule has 0 bridgehead atoms. The van der Waals surface area contributed by atoms with Crippen LogP contribution in [0.1, 0.15) is 43.4 Å². The standard InChI is InChI=1S/C23H24BrClO4/c1-13(2)17-11-18(16-6-4-5-7-20(16)25)14(3)29-23(17)19-10-15(24)8-9-21(19)28-12-22(26)27/h4-10,14,17-18,23H,1,11-12H2,2-3H3,(H,26,27)/t14-,17+,18-,23-/m0/s1. The lowest BCUT2D eigenvalue weighted by atomic mass is 9.76. The Morgan fingerprint density at radius 2 is 2.03 bits per heavy atom. The summed E-state index contributed by atoms with van der Waals surface area (Å²) in [7, 11) is 0. The highest BCUT2D eigenvalue weighted by molar-refractivity contribution is 9.10. The van der Waals surface area contributed by atoms with Crippen LogP contribution >= 0.6 is 27.5 Å². The minimum atomic E-state index is -1.02. The average molecular weight is 480 g/mol. The lowest BCUT2D eigenvalue weighted by Gasteiger charge is -2.42. The topological polar surface area (TPSA) is 55.8 Å². The fraction of sp³-hybridized carbons (Fsp3) is 0.348. The minimum Gasteiger partial charge on any atom is -0.482 e. The van der Waals surface area contributed by atoms with Crippen molar-refractivity contribution in [3.05, 3.63) is 75.2 Å². The van der Waals surface area contributed by atoms with Gasteiger partial charge < -0.3 is 14.6 Å². The molecular weight excluding hydrogens is 456 g/mol. The van der Waals surface area contributed by atoms with Crippen molar-refractivity contribution in [2.75, 3.05) is 6.61 Å². The maximum Gasteiger partial charge on any atom is 0.341 e. The summed E-state index contributed by atoms with van der Waals surface area (Å²) in [6.45, 7) is 7.83. The Hall–Kier alpha value is -1.82. The molecule has 3 rings (SSSR count). The van der Waals surface area contributed by atoms with E-state index in [4.69, 9.17) is 26.2 Å². The van der Waals surface area contributed by atoms with Gasteiger partial charge in [-0.25, -0.2) is 4.79 Å². The molecule has 0 radical (unpaired) electrons. The van der Waals surface area contributed by atoms with Gasteiger partial charge in [0.2, 0.25) is 0 Å². The first kappa shape index (κ1) is 21.9. The molecular formula is C23H24BrClO4. The average Bonchev–Trinajstić information content (AvgIpc) is 2.67. The highest BCUT2D eigenvalue weighted by Gasteiger charge is 2.39. The molecule has 6 heteroatoms. The van der Waals surface area contributed by atoms with Gasteiger partial charge in [0.25, 0.3) is 0 Å². The maximum atomic E-state index is 11.0. The SMILES string of the molecule is C=C(C)[C@H]1C[C@H](c2ccccc2Cl)[C@H](C)O[C@@H]1c1cc(Br)ccc1OCC(=O)O. The van der Waals surface area contributed by atoms with Crippen LogP contribution in [0, 0.1) is 5.92 Å². The fourth-order valence-corrected chi connectivity index (χ4v) is 4.58. The lowest BCUT2D eigenvalue weighted by Crippen LogP contribution is -2.34. The second kappa shape index (κ2) is 9.33. The zero-order chi connectivity index (χ0) is 21.1. The molecule has 4 nitrogen and oxygen atoms in total. The van der Waals surface area contributed by atoms with E-state index in [0.29, 0.717) is 5.75 Å². The molecule has 0 unspecified atom stereocenters. The summed E-state index contributed by atoms with van der Waals surface area (Å²) in [4.78, 5) is 11.0. The molecule has 1 heterocycles. The zero-order valence-corrected chi connectivity index (χ0v) is 18.7. The smallest absolute Gasteiger partial charge is 0.341 e. The van der Waals surface area contributed by atoms with Crippen molar-refractivity contribution in [2.24, 2.45) is 5.92 Å². The van der Waals surface area contributed by atoms with E-state index < -0.39 is 12.6 Å². The molecule has 1 fully saturated rings. The van der Waals surface area contributed by atoms with E-state index in [1.165, 1.54) is 0 Å². The van der Waals surface area contributed by atoms with Crippen LogP contribution in [0.15, 0.2) is 59.1 Å². The van der Waals surface area contributed by atoms with Crippen LogP contribution in [0.5, 0.6) is 5.75 Å². The van der Waals surface area contributed by atoms with Crippen molar-refractivity contribution in [3.63, 3.8) is 0 Å². The summed E-state index contributed by atoms with van der Waals surface area (Å²) < 4.78 is 12.9. The third-order valence-corrected chi connectivity index (χ3v) is 6.21. The summed E-state index contributed by atoms with van der Waals surface area (Å²) >= 11 is 9.97. The molecule has 0 spiro atoms. The van der Waals surface area contributed by atoms with Crippen LogP contribution in [0.3, 0.4) is 0 Å². The molecule has 1 aliphatic heterocycles. The molecule has 0 amide bonds. The van der Waals surface area contributed by atoms with Gasteiger partial charge in [-0.3, -0.25) is 0 Å². The van der Waals surface area contributed by atoms with E-state index in [1.54, 1.807) is 6.07 Å². The van der Waals surface area contributed by atoms with Crippen molar-refractivity contribution in [1.29, 1.82) is 0 Å². The summed E-state index contributed by atoms with van der Waals surface area (Å²) in [5.41, 5.74) is 2.89. The van der Waals surface area contributed by atoms with E-state index >= 15 is 0 Å². The van der Waals surface area contributed by atoms with Crippen LogP contribution in [-0.4, -0.2) is 23.8 Å². The molecule has 2 aromatic rings. The van der Waals surface area contributed by atoms with Gasteiger partial charge in [0, 0.05) is 26.9 Å². The van der Waals surface area contributed by atoms with Gasteiger partial charge in [-0.05, 0) is 50.1 Å². The number of hydrogen-bond donors (Lipinski definition) is 1. The molecule has 0 aliphatic carbocycles. The largest absolute Gasteiger partial charge is 0.482 e. The Bertz CT molecular complexity index is 914. The molecule has 1 N–H and O–H groups in total. The molecule has 4 atom stereocenters. The monoisotopic (exact) mass is 478 g/mol. The molecule has 0 aromatic heterocycles. The number of carboxylic acids is 1. The molecule has 154 valence electrons. The maximum absolute atomic E-state index is 11.0. The highest BCUT2D eigenvalue weighted by Crippen LogP contribution is 2.49. The van der Waals surface area contributed by atoms with Crippen molar-refractivity contribution in [1.82, 2.24) is 0 Å². The second-order valence-corrected chi connectivity index (χ2v) is 8.77. The number of ether oxygens (including phenoxy) is 2. The van der Waals surface area contributed by atoms with Crippen molar-refractivity contribution < 1.29 is 19.4 Å². The van der Waals surface area contributed by atoms with E-state index in [-0.39, 0.29) is 24.0 Å². The van der Waals surface area contributed by atoms with E-state index in [0.717, 1.165) is 32.6 Å². The number of hydrogen-bond acceptors (Lipinski definition) is 3. The van der Waals surface area contributed by atoms with Crippen molar-refractivity contribution in [2.45, 2.75) is 38.4 Å². The Balaban J connectivity index is 1.96. The van der Waals surface area contributed by atoms with Gasteiger partial charge in [0.15, 0.2) is 6.61 Å². The van der Waals surface area contributed by atoms with Crippen LogP contribution in [-0.2, 0) is 9.53 Å². The number of halogens is 2. The Kier molecular flexibility index (Phi) is 7.04. The Morgan fingerprint density at radius 3 is 2.69 bits per heavy atom. The van der Waals surface area contributed by atoms with Gasteiger partial charge in [-0.2, -0.15) is 0 Å². The predicted octanol–water partition coefficient (Wildman–Crippen LogP) is 6.39. The number of carbonyl (C=O) groups is 1. The van der Waals surface area contributed by atoms with Crippen molar-refractivity contribution >= 4 is 33.5 Å². The molecule has 29 heavy (non-hydrogen) atoms. The predicted molar refractivity (Wildman–Crippen MR) is 118 cm³/mol. The number of carboxylic acid groups (broad SMARTS) is 1. The first-order chi connectivity index (χ1) is 13.8. The third kappa shape index (κ3) is 5.03. The Labute approximate surface area is 184 Å². The van der Waals surface area contributed by atoms with E-state index in [1.807, 2.05) is 50.2 Å². The van der Waals surface area contributed by atoms with Crippen molar-refractivity contribution in [3.8, 4) is 5.75 Å². The number of benzene rings is 2. The molecule has 1 saturated heterocycles. The quantitative estimate of drug-likeness (QED) is 0.488. The van der Waals surface area contributed by atoms with Gasteiger partial charge in [-0.1, -0.05) is 57.9 Å². The normalized spacial score (nSPS) is 24.1. The summed E-state index contributed by atoms with van der Waals surface area (Å²) in [5, 5.41) is 9.74. The highest BCUT2D eigenvalue weighted by atomic mass is 79.9. The van der Waals surface area contributed by atoms with Gasteiger partial charge in [-0.15, -0.1) is 0 Å². The number of rotatable bonds is 6. The van der Waals surface area contributed by atoms with Gasteiger partial charge in [0.1, 0.15) is 5.75 Å². The van der Waals surface area contributed by atoms with Gasteiger partial charge >= 0.3 is 5.97 Å². The van der Waals surface area contributed by atoms with Crippen LogP contribution < -0.4 is 4.74 Å². The molecule has 2 aromatic carbocycles. The zero-order valence-electron chi connectivity index (χ0n) is 16.4. The summed E-state index contributed by atoms with van der Waals surface area (Å²) in [6, 6.07) is 13.4. The fourth-order valence-electron chi connectivity index (χ4n) is 3.93. The molecule has 1 aliphatic rings. The summed E-state index contributed by atoms with van der Waals surface area (Å²) in [6.07, 6.45) is 0.458. The third-order valence-electron chi connectivity index (χ3n) is 5.37.